The van der Waals surface area contributed by atoms with Crippen molar-refractivity contribution >= 4 is 23.0 Å². The number of nitrogens with zero attached hydrogens (tertiary/aromatic N) is 2. The lowest BCUT2D eigenvalue weighted by Crippen LogP contribution is -2.14. The number of rotatable bonds is 4. The number of pyridine rings is 1. The Morgan fingerprint density at radius 2 is 1.88 bits per heavy atom. The molecule has 5 heteroatoms. The van der Waals surface area contributed by atoms with E-state index >= 15 is 0 Å². The Bertz CT molecular complexity index is 942. The first-order chi connectivity index (χ1) is 12.2. The average Bonchev–Trinajstić information content (AvgIpc) is 2.64. The summed E-state index contributed by atoms with van der Waals surface area (Å²) in [4.78, 5) is 16.5. The molecule has 5 nitrogen and oxygen atoms in total. The Hall–Kier alpha value is -3.65. The Morgan fingerprint density at radius 1 is 1.04 bits per heavy atom. The van der Waals surface area contributed by atoms with Gasteiger partial charge in [-0.1, -0.05) is 24.3 Å². The summed E-state index contributed by atoms with van der Waals surface area (Å²) in [7, 11) is 0. The van der Waals surface area contributed by atoms with E-state index in [0.29, 0.717) is 11.3 Å². The van der Waals surface area contributed by atoms with E-state index in [9.17, 15) is 4.79 Å². The molecule has 0 bridgehead atoms. The summed E-state index contributed by atoms with van der Waals surface area (Å²) in [5, 5.41) is 14.9. The first kappa shape index (κ1) is 16.2. The number of hydrogen-bond donors (Lipinski definition) is 2. The summed E-state index contributed by atoms with van der Waals surface area (Å²) in [5.41, 5.74) is 4.20. The number of nitriles is 1. The molecule has 1 aromatic heterocycles. The van der Waals surface area contributed by atoms with Gasteiger partial charge >= 0.3 is 0 Å². The van der Waals surface area contributed by atoms with E-state index in [4.69, 9.17) is 5.26 Å². The lowest BCUT2D eigenvalue weighted by atomic mass is 10.2. The number of aromatic nitrogens is 1. The van der Waals surface area contributed by atoms with Crippen molar-refractivity contribution in [3.63, 3.8) is 0 Å². The second-order valence-corrected chi connectivity index (χ2v) is 5.52. The molecule has 0 aliphatic carbocycles. The maximum absolute atomic E-state index is 12.3. The summed E-state index contributed by atoms with van der Waals surface area (Å²) < 4.78 is 0. The van der Waals surface area contributed by atoms with E-state index in [0.717, 1.165) is 22.6 Å². The molecule has 0 aliphatic rings. The van der Waals surface area contributed by atoms with Crippen LogP contribution in [-0.2, 0) is 0 Å². The van der Waals surface area contributed by atoms with Crippen LogP contribution in [0.25, 0.3) is 0 Å². The number of amides is 1. The van der Waals surface area contributed by atoms with Crippen LogP contribution < -0.4 is 10.6 Å². The van der Waals surface area contributed by atoms with Crippen LogP contribution in [0.4, 0.5) is 17.1 Å². The van der Waals surface area contributed by atoms with Crippen molar-refractivity contribution in [1.82, 2.24) is 4.98 Å². The average molecular weight is 328 g/mol. The minimum absolute atomic E-state index is 0.257. The molecular weight excluding hydrogens is 312 g/mol. The van der Waals surface area contributed by atoms with E-state index in [2.05, 4.69) is 21.7 Å². The number of nitrogens with one attached hydrogen (secondary N) is 2. The molecule has 0 aliphatic heterocycles. The number of para-hydroxylation sites is 1. The van der Waals surface area contributed by atoms with Gasteiger partial charge in [-0.3, -0.25) is 4.79 Å². The highest BCUT2D eigenvalue weighted by molar-refractivity contribution is 6.03. The van der Waals surface area contributed by atoms with Crippen LogP contribution in [0.5, 0.6) is 0 Å². The monoisotopic (exact) mass is 328 g/mol. The van der Waals surface area contributed by atoms with Crippen molar-refractivity contribution in [3.05, 3.63) is 83.7 Å². The lowest BCUT2D eigenvalue weighted by molar-refractivity contribution is 0.102. The molecule has 0 spiro atoms. The summed E-state index contributed by atoms with van der Waals surface area (Å²) in [6, 6.07) is 20.3. The number of carbonyl (C=O) groups excluding carboxylic acids is 1. The van der Waals surface area contributed by atoms with Gasteiger partial charge < -0.3 is 10.6 Å². The maximum atomic E-state index is 12.3. The highest BCUT2D eigenvalue weighted by Crippen LogP contribution is 2.18. The third-order valence-corrected chi connectivity index (χ3v) is 3.67. The minimum atomic E-state index is -0.257. The Balaban J connectivity index is 1.70. The lowest BCUT2D eigenvalue weighted by Gasteiger charge is -2.09. The van der Waals surface area contributed by atoms with Gasteiger partial charge in [0, 0.05) is 11.4 Å². The normalized spacial score (nSPS) is 9.92. The highest BCUT2D eigenvalue weighted by Gasteiger charge is 2.09. The van der Waals surface area contributed by atoms with Gasteiger partial charge in [-0.05, 0) is 48.9 Å². The molecule has 122 valence electrons. The van der Waals surface area contributed by atoms with Crippen molar-refractivity contribution < 1.29 is 4.79 Å². The van der Waals surface area contributed by atoms with Crippen LogP contribution in [0.3, 0.4) is 0 Å². The van der Waals surface area contributed by atoms with Gasteiger partial charge in [0.25, 0.3) is 5.91 Å². The molecule has 2 aromatic carbocycles. The van der Waals surface area contributed by atoms with Crippen molar-refractivity contribution in [2.75, 3.05) is 10.6 Å². The van der Waals surface area contributed by atoms with Crippen molar-refractivity contribution in [2.24, 2.45) is 0 Å². The Kier molecular flexibility index (Phi) is 4.72. The predicted octanol–water partition coefficient (Wildman–Crippen LogP) is 4.26. The minimum Gasteiger partial charge on any atom is -0.354 e. The molecule has 1 amide bonds. The second kappa shape index (κ2) is 7.28. The van der Waals surface area contributed by atoms with Crippen LogP contribution in [0.2, 0.25) is 0 Å². The van der Waals surface area contributed by atoms with Crippen LogP contribution in [0.15, 0.2) is 66.9 Å². The molecule has 3 aromatic rings. The Morgan fingerprint density at radius 3 is 2.60 bits per heavy atom. The fourth-order valence-electron chi connectivity index (χ4n) is 2.33. The van der Waals surface area contributed by atoms with E-state index in [1.807, 2.05) is 37.3 Å². The molecule has 1 heterocycles. The number of anilines is 3. The van der Waals surface area contributed by atoms with E-state index in [-0.39, 0.29) is 5.91 Å². The zero-order valence-corrected chi connectivity index (χ0v) is 13.7. The van der Waals surface area contributed by atoms with Crippen LogP contribution in [-0.4, -0.2) is 10.9 Å². The first-order valence-corrected chi connectivity index (χ1v) is 7.76. The largest absolute Gasteiger partial charge is 0.354 e. The topological polar surface area (TPSA) is 77.8 Å². The molecule has 0 atom stereocenters. The summed E-state index contributed by atoms with van der Waals surface area (Å²) in [6.07, 6.45) is 1.59. The number of benzene rings is 2. The van der Waals surface area contributed by atoms with Gasteiger partial charge in [-0.2, -0.15) is 5.26 Å². The third-order valence-electron chi connectivity index (χ3n) is 3.67. The van der Waals surface area contributed by atoms with Gasteiger partial charge in [0.2, 0.25) is 0 Å². The molecule has 0 unspecified atom stereocenters. The van der Waals surface area contributed by atoms with E-state index in [1.165, 1.54) is 0 Å². The van der Waals surface area contributed by atoms with Gasteiger partial charge in [-0.25, -0.2) is 4.98 Å². The zero-order valence-electron chi connectivity index (χ0n) is 13.7. The second-order valence-electron chi connectivity index (χ2n) is 5.52. The fraction of sp³-hybridized carbons (Fsp3) is 0.0500. The smallest absolute Gasteiger partial charge is 0.274 e. The molecule has 0 fully saturated rings. The maximum Gasteiger partial charge on any atom is 0.274 e. The molecule has 3 rings (SSSR count). The van der Waals surface area contributed by atoms with E-state index in [1.54, 1.807) is 36.5 Å². The van der Waals surface area contributed by atoms with Gasteiger partial charge in [0.05, 0.1) is 23.5 Å². The third kappa shape index (κ3) is 4.01. The number of carbonyl (C=O) groups is 1. The van der Waals surface area contributed by atoms with Crippen LogP contribution in [0, 0.1) is 18.3 Å². The molecule has 25 heavy (non-hydrogen) atoms. The van der Waals surface area contributed by atoms with Crippen molar-refractivity contribution in [1.29, 1.82) is 5.26 Å². The molecule has 0 radical (unpaired) electrons. The Labute approximate surface area is 146 Å². The van der Waals surface area contributed by atoms with Gasteiger partial charge in [0.15, 0.2) is 0 Å². The predicted molar refractivity (Wildman–Crippen MR) is 97.8 cm³/mol. The number of hydrogen-bond acceptors (Lipinski definition) is 4. The number of aryl methyl sites for hydroxylation is 1. The molecule has 0 saturated carbocycles. The highest BCUT2D eigenvalue weighted by atomic mass is 16.1. The van der Waals surface area contributed by atoms with Crippen LogP contribution in [0.1, 0.15) is 21.6 Å². The zero-order chi connectivity index (χ0) is 17.6. The standard InChI is InChI=1S/C20H16N4O/c1-14-5-2-3-8-18(14)24-20(25)19-10-9-17(13-22-19)23-16-7-4-6-15(11-16)12-21/h2-11,13,23H,1H3,(H,24,25). The van der Waals surface area contributed by atoms with Crippen LogP contribution >= 0.6 is 0 Å². The molecular formula is C20H16N4O. The fourth-order valence-corrected chi connectivity index (χ4v) is 2.33. The molecule has 2 N–H and O–H groups in total. The first-order valence-electron chi connectivity index (χ1n) is 7.76. The summed E-state index contributed by atoms with van der Waals surface area (Å²) >= 11 is 0. The summed E-state index contributed by atoms with van der Waals surface area (Å²) in [5.74, 6) is -0.257. The quantitative estimate of drug-likeness (QED) is 0.750. The van der Waals surface area contributed by atoms with Crippen molar-refractivity contribution in [3.8, 4) is 6.07 Å². The summed E-state index contributed by atoms with van der Waals surface area (Å²) in [6.45, 7) is 1.94. The molecule has 0 saturated heterocycles. The SMILES string of the molecule is Cc1ccccc1NC(=O)c1ccc(Nc2cccc(C#N)c2)cn1. The van der Waals surface area contributed by atoms with Crippen molar-refractivity contribution in [2.45, 2.75) is 6.92 Å². The van der Waals surface area contributed by atoms with Gasteiger partial charge in [0.1, 0.15) is 5.69 Å². The van der Waals surface area contributed by atoms with E-state index < -0.39 is 0 Å². The van der Waals surface area contributed by atoms with Gasteiger partial charge in [-0.15, -0.1) is 0 Å².